The normalized spacial score (nSPS) is 10.2. The molecule has 0 saturated carbocycles. The first-order valence-corrected chi connectivity index (χ1v) is 6.00. The number of carbonyl (C=O) groups is 1. The molecule has 0 unspecified atom stereocenters. The average Bonchev–Trinajstić information content (AvgIpc) is 2.40. The van der Waals surface area contributed by atoms with E-state index in [2.05, 4.69) is 5.32 Å². The van der Waals surface area contributed by atoms with Crippen LogP contribution in [-0.4, -0.2) is 23.1 Å². The highest BCUT2D eigenvalue weighted by atomic mass is 19.1. The van der Waals surface area contributed by atoms with Crippen molar-refractivity contribution in [3.63, 3.8) is 0 Å². The van der Waals surface area contributed by atoms with Crippen molar-refractivity contribution in [1.29, 1.82) is 0 Å². The molecule has 6 heteroatoms. The molecule has 0 aliphatic heterocycles. The third kappa shape index (κ3) is 3.43. The van der Waals surface area contributed by atoms with Crippen LogP contribution in [0.5, 0.6) is 0 Å². The number of aryl methyl sites for hydroxylation is 1. The smallest absolute Gasteiger partial charge is 0.423 e. The molecule has 20 heavy (non-hydrogen) atoms. The molecule has 0 atom stereocenters. The van der Waals surface area contributed by atoms with Crippen molar-refractivity contribution in [2.45, 2.75) is 6.92 Å². The third-order valence-electron chi connectivity index (χ3n) is 2.79. The van der Waals surface area contributed by atoms with Crippen molar-refractivity contribution >= 4 is 24.2 Å². The van der Waals surface area contributed by atoms with Crippen LogP contribution in [0.1, 0.15) is 15.9 Å². The van der Waals surface area contributed by atoms with Gasteiger partial charge in [0, 0.05) is 11.3 Å². The zero-order chi connectivity index (χ0) is 14.7. The van der Waals surface area contributed by atoms with Gasteiger partial charge in [-0.05, 0) is 42.7 Å². The maximum absolute atomic E-state index is 13.3. The van der Waals surface area contributed by atoms with Crippen LogP contribution >= 0.6 is 0 Å². The van der Waals surface area contributed by atoms with E-state index in [0.29, 0.717) is 5.69 Å². The van der Waals surface area contributed by atoms with Crippen LogP contribution in [0.4, 0.5) is 10.1 Å². The minimum atomic E-state index is -1.82. The standard InChI is InChI=1S/C14H13BFNO3/c1-9-2-4-13(5-3-9)17-14(18)10-6-11(15(19)20)8-12(16)7-10/h2-8,19-20H,1H3,(H,17,18). The van der Waals surface area contributed by atoms with Crippen molar-refractivity contribution in [1.82, 2.24) is 0 Å². The Morgan fingerprint density at radius 1 is 1.15 bits per heavy atom. The summed E-state index contributed by atoms with van der Waals surface area (Å²) in [5.41, 5.74) is 1.59. The molecule has 0 radical (unpaired) electrons. The van der Waals surface area contributed by atoms with Crippen molar-refractivity contribution < 1.29 is 19.2 Å². The van der Waals surface area contributed by atoms with E-state index in [4.69, 9.17) is 10.0 Å². The first kappa shape index (κ1) is 14.2. The van der Waals surface area contributed by atoms with Crippen LogP contribution < -0.4 is 10.8 Å². The Labute approximate surface area is 116 Å². The van der Waals surface area contributed by atoms with E-state index in [-0.39, 0.29) is 11.0 Å². The summed E-state index contributed by atoms with van der Waals surface area (Å²) in [6, 6.07) is 10.4. The number of hydrogen-bond donors (Lipinski definition) is 3. The minimum absolute atomic E-state index is 0.0219. The minimum Gasteiger partial charge on any atom is -0.423 e. The van der Waals surface area contributed by atoms with E-state index in [1.807, 2.05) is 19.1 Å². The number of amides is 1. The summed E-state index contributed by atoms with van der Waals surface area (Å²) < 4.78 is 13.3. The Kier molecular flexibility index (Phi) is 4.17. The largest absolute Gasteiger partial charge is 0.488 e. The topological polar surface area (TPSA) is 69.6 Å². The molecule has 2 aromatic carbocycles. The van der Waals surface area contributed by atoms with Crippen LogP contribution in [0.3, 0.4) is 0 Å². The van der Waals surface area contributed by atoms with Gasteiger partial charge in [-0.2, -0.15) is 0 Å². The average molecular weight is 273 g/mol. The Hall–Kier alpha value is -2.18. The molecule has 0 aliphatic carbocycles. The lowest BCUT2D eigenvalue weighted by Crippen LogP contribution is -2.31. The van der Waals surface area contributed by atoms with Gasteiger partial charge in [0.05, 0.1) is 0 Å². The van der Waals surface area contributed by atoms with Crippen molar-refractivity contribution in [3.05, 3.63) is 59.4 Å². The molecule has 0 aromatic heterocycles. The van der Waals surface area contributed by atoms with E-state index in [1.54, 1.807) is 12.1 Å². The lowest BCUT2D eigenvalue weighted by Gasteiger charge is -2.07. The highest BCUT2D eigenvalue weighted by Crippen LogP contribution is 2.11. The van der Waals surface area contributed by atoms with E-state index in [1.165, 1.54) is 6.07 Å². The molecule has 0 spiro atoms. The van der Waals surface area contributed by atoms with Gasteiger partial charge in [0.2, 0.25) is 0 Å². The maximum atomic E-state index is 13.3. The Morgan fingerprint density at radius 3 is 2.40 bits per heavy atom. The number of rotatable bonds is 3. The van der Waals surface area contributed by atoms with Gasteiger partial charge in [-0.15, -0.1) is 0 Å². The molecule has 0 fully saturated rings. The molecule has 0 heterocycles. The molecule has 2 rings (SSSR count). The van der Waals surface area contributed by atoms with Crippen LogP contribution in [0.2, 0.25) is 0 Å². The molecular formula is C14H13BFNO3. The second-order valence-corrected chi connectivity index (χ2v) is 4.47. The quantitative estimate of drug-likeness (QED) is 0.732. The van der Waals surface area contributed by atoms with Gasteiger partial charge in [0.1, 0.15) is 5.82 Å². The second kappa shape index (κ2) is 5.86. The van der Waals surface area contributed by atoms with Gasteiger partial charge in [0.15, 0.2) is 0 Å². The molecule has 102 valence electrons. The first-order valence-electron chi connectivity index (χ1n) is 6.00. The number of carbonyl (C=O) groups excluding carboxylic acids is 1. The van der Waals surface area contributed by atoms with E-state index < -0.39 is 18.8 Å². The summed E-state index contributed by atoms with van der Waals surface area (Å²) >= 11 is 0. The van der Waals surface area contributed by atoms with Gasteiger partial charge in [-0.25, -0.2) is 4.39 Å². The van der Waals surface area contributed by atoms with Crippen molar-refractivity contribution in [2.24, 2.45) is 0 Å². The fraction of sp³-hybridized carbons (Fsp3) is 0.0714. The Balaban J connectivity index is 2.22. The lowest BCUT2D eigenvalue weighted by molar-refractivity contribution is 0.102. The van der Waals surface area contributed by atoms with Gasteiger partial charge in [0.25, 0.3) is 5.91 Å². The highest BCUT2D eigenvalue weighted by Gasteiger charge is 2.16. The second-order valence-electron chi connectivity index (χ2n) is 4.47. The SMILES string of the molecule is Cc1ccc(NC(=O)c2cc(F)cc(B(O)O)c2)cc1. The molecule has 3 N–H and O–H groups in total. The zero-order valence-electron chi connectivity index (χ0n) is 10.8. The molecular weight excluding hydrogens is 260 g/mol. The monoisotopic (exact) mass is 273 g/mol. The zero-order valence-corrected chi connectivity index (χ0v) is 10.8. The van der Waals surface area contributed by atoms with Crippen molar-refractivity contribution in [2.75, 3.05) is 5.32 Å². The molecule has 0 bridgehead atoms. The molecule has 4 nitrogen and oxygen atoms in total. The van der Waals surface area contributed by atoms with E-state index >= 15 is 0 Å². The third-order valence-corrected chi connectivity index (χ3v) is 2.79. The van der Waals surface area contributed by atoms with Crippen LogP contribution in [0.25, 0.3) is 0 Å². The van der Waals surface area contributed by atoms with Crippen LogP contribution in [0.15, 0.2) is 42.5 Å². The summed E-state index contributed by atoms with van der Waals surface area (Å²) in [5, 5.41) is 20.7. The fourth-order valence-corrected chi connectivity index (χ4v) is 1.73. The highest BCUT2D eigenvalue weighted by molar-refractivity contribution is 6.58. The van der Waals surface area contributed by atoms with Crippen LogP contribution in [-0.2, 0) is 0 Å². The number of benzene rings is 2. The lowest BCUT2D eigenvalue weighted by atomic mass is 9.79. The fourth-order valence-electron chi connectivity index (χ4n) is 1.73. The molecule has 2 aromatic rings. The molecule has 0 aliphatic rings. The maximum Gasteiger partial charge on any atom is 0.488 e. The summed E-state index contributed by atoms with van der Waals surface area (Å²) in [6.07, 6.45) is 0. The molecule has 0 saturated heterocycles. The predicted molar refractivity (Wildman–Crippen MR) is 75.4 cm³/mol. The predicted octanol–water partition coefficient (Wildman–Crippen LogP) is 1.07. The van der Waals surface area contributed by atoms with Gasteiger partial charge in [-0.1, -0.05) is 17.7 Å². The summed E-state index contributed by atoms with van der Waals surface area (Å²) in [4.78, 5) is 12.0. The number of hydrogen-bond acceptors (Lipinski definition) is 3. The van der Waals surface area contributed by atoms with E-state index in [9.17, 15) is 9.18 Å². The summed E-state index contributed by atoms with van der Waals surface area (Å²) in [7, 11) is -1.82. The number of nitrogens with one attached hydrogen (secondary N) is 1. The Bertz CT molecular complexity index is 629. The Morgan fingerprint density at radius 2 is 1.80 bits per heavy atom. The van der Waals surface area contributed by atoms with Gasteiger partial charge >= 0.3 is 7.12 Å². The number of anilines is 1. The van der Waals surface area contributed by atoms with Crippen LogP contribution in [0, 0.1) is 12.7 Å². The summed E-state index contributed by atoms with van der Waals surface area (Å²) in [6.45, 7) is 1.92. The van der Waals surface area contributed by atoms with Gasteiger partial charge in [-0.3, -0.25) is 4.79 Å². The first-order chi connectivity index (χ1) is 9.45. The van der Waals surface area contributed by atoms with Gasteiger partial charge < -0.3 is 15.4 Å². The van der Waals surface area contributed by atoms with Crippen molar-refractivity contribution in [3.8, 4) is 0 Å². The molecule has 1 amide bonds. The summed E-state index contributed by atoms with van der Waals surface area (Å²) in [5.74, 6) is -1.22. The number of halogens is 1. The van der Waals surface area contributed by atoms with E-state index in [0.717, 1.165) is 17.7 Å².